The van der Waals surface area contributed by atoms with Gasteiger partial charge in [0.1, 0.15) is 0 Å². The van der Waals surface area contributed by atoms with Crippen molar-refractivity contribution in [2.24, 2.45) is 11.8 Å². The van der Waals surface area contributed by atoms with Gasteiger partial charge in [0.05, 0.1) is 0 Å². The van der Waals surface area contributed by atoms with Gasteiger partial charge >= 0.3 is 0 Å². The summed E-state index contributed by atoms with van der Waals surface area (Å²) in [7, 11) is 0. The molecule has 27 heavy (non-hydrogen) atoms. The highest BCUT2D eigenvalue weighted by molar-refractivity contribution is 5.15. The number of aryl methyl sites for hydroxylation is 1. The molecule has 0 radical (unpaired) electrons. The second-order valence-corrected chi connectivity index (χ2v) is 8.84. The lowest BCUT2D eigenvalue weighted by Crippen LogP contribution is -2.12. The summed E-state index contributed by atoms with van der Waals surface area (Å²) in [4.78, 5) is 0. The van der Waals surface area contributed by atoms with E-state index in [1.54, 1.807) is 0 Å². The van der Waals surface area contributed by atoms with Crippen molar-refractivity contribution >= 4 is 0 Å². The summed E-state index contributed by atoms with van der Waals surface area (Å²) in [6, 6.07) is 11.0. The van der Waals surface area contributed by atoms with Crippen LogP contribution in [0, 0.1) is 11.8 Å². The van der Waals surface area contributed by atoms with Crippen molar-refractivity contribution in [3.8, 4) is 0 Å². The molecule has 1 aliphatic carbocycles. The van der Waals surface area contributed by atoms with Crippen LogP contribution in [-0.4, -0.2) is 0 Å². The number of rotatable bonds is 14. The first-order valence-electron chi connectivity index (χ1n) is 12.1. The van der Waals surface area contributed by atoms with E-state index >= 15 is 0 Å². The monoisotopic (exact) mass is 368 g/mol. The third-order valence-electron chi connectivity index (χ3n) is 6.54. The first-order valence-corrected chi connectivity index (χ1v) is 12.1. The number of benzene rings is 1. The predicted molar refractivity (Wildman–Crippen MR) is 121 cm³/mol. The summed E-state index contributed by atoms with van der Waals surface area (Å²) in [5.74, 6) is 1.83. The first kappa shape index (κ1) is 22.3. The van der Waals surface area contributed by atoms with E-state index < -0.39 is 0 Å². The highest BCUT2D eigenvalue weighted by Gasteiger charge is 2.19. The molecule has 1 aliphatic rings. The van der Waals surface area contributed by atoms with E-state index in [2.05, 4.69) is 50.3 Å². The second kappa shape index (κ2) is 14.0. The molecule has 0 saturated carbocycles. The summed E-state index contributed by atoms with van der Waals surface area (Å²) >= 11 is 0. The SMILES string of the molecule is CCCCCCCCC1CC=C(C(CCC)CCCc2ccccc2)CC1. The summed E-state index contributed by atoms with van der Waals surface area (Å²) in [6.45, 7) is 4.66. The van der Waals surface area contributed by atoms with Crippen LogP contribution in [0.25, 0.3) is 0 Å². The quantitative estimate of drug-likeness (QED) is 0.227. The van der Waals surface area contributed by atoms with Gasteiger partial charge in [-0.15, -0.1) is 0 Å². The molecular weight excluding hydrogens is 324 g/mol. The van der Waals surface area contributed by atoms with Crippen molar-refractivity contribution in [1.29, 1.82) is 0 Å². The zero-order valence-electron chi connectivity index (χ0n) is 18.2. The lowest BCUT2D eigenvalue weighted by atomic mass is 9.78. The molecule has 0 spiro atoms. The van der Waals surface area contributed by atoms with Gasteiger partial charge in [-0.05, 0) is 62.3 Å². The van der Waals surface area contributed by atoms with Gasteiger partial charge in [-0.2, -0.15) is 0 Å². The van der Waals surface area contributed by atoms with Crippen molar-refractivity contribution < 1.29 is 0 Å². The van der Waals surface area contributed by atoms with E-state index in [1.807, 2.05) is 5.57 Å². The van der Waals surface area contributed by atoms with E-state index in [0.717, 1.165) is 11.8 Å². The summed E-state index contributed by atoms with van der Waals surface area (Å²) in [6.07, 6.45) is 23.7. The maximum atomic E-state index is 2.66. The van der Waals surface area contributed by atoms with E-state index in [4.69, 9.17) is 0 Å². The molecule has 0 heteroatoms. The van der Waals surface area contributed by atoms with Crippen LogP contribution < -0.4 is 0 Å². The summed E-state index contributed by atoms with van der Waals surface area (Å²) < 4.78 is 0. The van der Waals surface area contributed by atoms with Crippen LogP contribution in [0.5, 0.6) is 0 Å². The van der Waals surface area contributed by atoms with Gasteiger partial charge in [-0.25, -0.2) is 0 Å². The Morgan fingerprint density at radius 2 is 1.63 bits per heavy atom. The first-order chi connectivity index (χ1) is 13.3. The fourth-order valence-corrected chi connectivity index (χ4v) is 4.82. The molecule has 0 aromatic heterocycles. The molecule has 1 aromatic rings. The minimum atomic E-state index is 0.855. The minimum Gasteiger partial charge on any atom is -0.0848 e. The van der Waals surface area contributed by atoms with Crippen molar-refractivity contribution in [2.45, 2.75) is 110 Å². The molecule has 0 nitrogen and oxygen atoms in total. The van der Waals surface area contributed by atoms with Crippen LogP contribution in [-0.2, 0) is 6.42 Å². The Morgan fingerprint density at radius 1 is 0.852 bits per heavy atom. The van der Waals surface area contributed by atoms with Crippen LogP contribution in [0.2, 0.25) is 0 Å². The predicted octanol–water partition coefficient (Wildman–Crippen LogP) is 8.90. The molecule has 1 aromatic carbocycles. The van der Waals surface area contributed by atoms with Crippen LogP contribution in [0.4, 0.5) is 0 Å². The minimum absolute atomic E-state index is 0.855. The summed E-state index contributed by atoms with van der Waals surface area (Å²) in [5, 5.41) is 0. The molecule has 0 fully saturated rings. The number of allylic oxidation sites excluding steroid dienone is 2. The number of hydrogen-bond donors (Lipinski definition) is 0. The van der Waals surface area contributed by atoms with E-state index in [0.29, 0.717) is 0 Å². The van der Waals surface area contributed by atoms with Gasteiger partial charge in [-0.3, -0.25) is 0 Å². The number of unbranched alkanes of at least 4 members (excludes halogenated alkanes) is 5. The lowest BCUT2D eigenvalue weighted by Gasteiger charge is -2.27. The topological polar surface area (TPSA) is 0 Å². The van der Waals surface area contributed by atoms with Crippen molar-refractivity contribution in [2.75, 3.05) is 0 Å². The molecule has 0 aliphatic heterocycles. The molecule has 0 bridgehead atoms. The summed E-state index contributed by atoms with van der Waals surface area (Å²) in [5.41, 5.74) is 3.31. The molecule has 0 N–H and O–H groups in total. The number of hydrogen-bond acceptors (Lipinski definition) is 0. The average Bonchev–Trinajstić information content (AvgIpc) is 2.71. The molecule has 152 valence electrons. The molecule has 0 amide bonds. The molecule has 0 saturated heterocycles. The van der Waals surface area contributed by atoms with Crippen LogP contribution in [0.1, 0.15) is 109 Å². The van der Waals surface area contributed by atoms with Crippen molar-refractivity contribution in [3.05, 3.63) is 47.5 Å². The van der Waals surface area contributed by atoms with E-state index in [-0.39, 0.29) is 0 Å². The van der Waals surface area contributed by atoms with Gasteiger partial charge in [0.15, 0.2) is 0 Å². The highest BCUT2D eigenvalue weighted by atomic mass is 14.3. The molecule has 0 heterocycles. The Morgan fingerprint density at radius 3 is 2.33 bits per heavy atom. The third kappa shape index (κ3) is 9.13. The molecular formula is C27H44. The Kier molecular flexibility index (Phi) is 11.6. The lowest BCUT2D eigenvalue weighted by molar-refractivity contribution is 0.384. The van der Waals surface area contributed by atoms with Gasteiger partial charge < -0.3 is 0 Å². The standard InChI is InChI=1S/C27H44/c1-3-5-6-7-8-10-17-25-20-22-27(23-21-25)26(14-4-2)19-13-18-24-15-11-9-12-16-24/h9,11-12,15-16,22,25-26H,3-8,10,13-14,17-21,23H2,1-2H3. The van der Waals surface area contributed by atoms with E-state index in [9.17, 15) is 0 Å². The molecule has 2 unspecified atom stereocenters. The maximum Gasteiger partial charge on any atom is -0.0203 e. The maximum absolute atomic E-state index is 2.66. The smallest absolute Gasteiger partial charge is 0.0203 e. The fourth-order valence-electron chi connectivity index (χ4n) is 4.82. The van der Waals surface area contributed by atoms with E-state index in [1.165, 1.54) is 102 Å². The van der Waals surface area contributed by atoms with Crippen LogP contribution in [0.3, 0.4) is 0 Å². The second-order valence-electron chi connectivity index (χ2n) is 8.84. The van der Waals surface area contributed by atoms with Crippen LogP contribution >= 0.6 is 0 Å². The Labute approximate surface area is 169 Å². The Balaban J connectivity index is 1.68. The van der Waals surface area contributed by atoms with Crippen LogP contribution in [0.15, 0.2) is 42.0 Å². The van der Waals surface area contributed by atoms with Crippen molar-refractivity contribution in [3.63, 3.8) is 0 Å². The largest absolute Gasteiger partial charge is 0.0848 e. The van der Waals surface area contributed by atoms with Gasteiger partial charge in [-0.1, -0.05) is 107 Å². The normalized spacial score (nSPS) is 18.3. The zero-order valence-corrected chi connectivity index (χ0v) is 18.2. The van der Waals surface area contributed by atoms with Gasteiger partial charge in [0, 0.05) is 0 Å². The Hall–Kier alpha value is -1.04. The molecule has 2 atom stereocenters. The van der Waals surface area contributed by atoms with Gasteiger partial charge in [0.2, 0.25) is 0 Å². The highest BCUT2D eigenvalue weighted by Crippen LogP contribution is 2.35. The Bertz CT molecular complexity index is 498. The zero-order chi connectivity index (χ0) is 19.2. The average molecular weight is 369 g/mol. The van der Waals surface area contributed by atoms with Gasteiger partial charge in [0.25, 0.3) is 0 Å². The third-order valence-corrected chi connectivity index (χ3v) is 6.54. The fraction of sp³-hybridized carbons (Fsp3) is 0.704. The van der Waals surface area contributed by atoms with Crippen molar-refractivity contribution in [1.82, 2.24) is 0 Å². The molecule has 2 rings (SSSR count).